The standard InChI is InChI=1S/C15H19N3O2S/c1-4-21(19,20)18-14-9-8-13(10-16-14)17-15-11(2)6-5-7-12(15)3/h5-10,17H,4H2,1-3H3,(H,16,18). The number of hydrogen-bond acceptors (Lipinski definition) is 4. The first-order valence-electron chi connectivity index (χ1n) is 6.71. The largest absolute Gasteiger partial charge is 0.354 e. The van der Waals surface area contributed by atoms with E-state index in [0.717, 1.165) is 22.5 Å². The molecule has 0 saturated carbocycles. The number of aromatic nitrogens is 1. The zero-order valence-corrected chi connectivity index (χ0v) is 13.2. The van der Waals surface area contributed by atoms with Crippen LogP contribution in [0.5, 0.6) is 0 Å². The summed E-state index contributed by atoms with van der Waals surface area (Å²) in [5, 5.41) is 3.30. The molecule has 6 heteroatoms. The highest BCUT2D eigenvalue weighted by atomic mass is 32.2. The van der Waals surface area contributed by atoms with Crippen molar-refractivity contribution < 1.29 is 8.42 Å². The maximum Gasteiger partial charge on any atom is 0.233 e. The Morgan fingerprint density at radius 3 is 2.29 bits per heavy atom. The third-order valence-corrected chi connectivity index (χ3v) is 4.43. The van der Waals surface area contributed by atoms with Gasteiger partial charge in [-0.05, 0) is 44.0 Å². The van der Waals surface area contributed by atoms with Crippen LogP contribution in [0.25, 0.3) is 0 Å². The summed E-state index contributed by atoms with van der Waals surface area (Å²) in [6.45, 7) is 5.65. The molecule has 0 aliphatic rings. The molecule has 0 amide bonds. The maximum atomic E-state index is 11.5. The third-order valence-electron chi connectivity index (χ3n) is 3.15. The number of aryl methyl sites for hydroxylation is 2. The second-order valence-corrected chi connectivity index (χ2v) is 6.84. The molecule has 0 spiro atoms. The molecule has 112 valence electrons. The van der Waals surface area contributed by atoms with E-state index >= 15 is 0 Å². The number of benzene rings is 1. The average molecular weight is 305 g/mol. The molecular formula is C15H19N3O2S. The quantitative estimate of drug-likeness (QED) is 0.890. The molecule has 1 heterocycles. The fourth-order valence-corrected chi connectivity index (χ4v) is 2.50. The van der Waals surface area contributed by atoms with Crippen molar-refractivity contribution in [3.05, 3.63) is 47.7 Å². The van der Waals surface area contributed by atoms with E-state index in [-0.39, 0.29) is 5.75 Å². The first kappa shape index (κ1) is 15.3. The smallest absolute Gasteiger partial charge is 0.233 e. The lowest BCUT2D eigenvalue weighted by Crippen LogP contribution is -2.15. The lowest BCUT2D eigenvalue weighted by molar-refractivity contribution is 0.602. The minimum Gasteiger partial charge on any atom is -0.354 e. The van der Waals surface area contributed by atoms with Crippen molar-refractivity contribution in [2.24, 2.45) is 0 Å². The summed E-state index contributed by atoms with van der Waals surface area (Å²) in [5.41, 5.74) is 4.14. The Hall–Kier alpha value is -2.08. The summed E-state index contributed by atoms with van der Waals surface area (Å²) >= 11 is 0. The van der Waals surface area contributed by atoms with Gasteiger partial charge in [0, 0.05) is 5.69 Å². The number of pyridine rings is 1. The predicted molar refractivity (Wildman–Crippen MR) is 86.5 cm³/mol. The van der Waals surface area contributed by atoms with Gasteiger partial charge in [0.25, 0.3) is 0 Å². The van der Waals surface area contributed by atoms with Crippen LogP contribution in [0, 0.1) is 13.8 Å². The van der Waals surface area contributed by atoms with Gasteiger partial charge in [-0.3, -0.25) is 4.72 Å². The van der Waals surface area contributed by atoms with Crippen molar-refractivity contribution in [1.29, 1.82) is 0 Å². The van der Waals surface area contributed by atoms with Gasteiger partial charge in [0.15, 0.2) is 0 Å². The molecule has 0 atom stereocenters. The highest BCUT2D eigenvalue weighted by Crippen LogP contribution is 2.24. The minimum absolute atomic E-state index is 0.0249. The first-order valence-corrected chi connectivity index (χ1v) is 8.36. The van der Waals surface area contributed by atoms with Gasteiger partial charge >= 0.3 is 0 Å². The molecule has 0 aliphatic carbocycles. The molecule has 5 nitrogen and oxygen atoms in total. The Bertz CT molecular complexity index is 705. The SMILES string of the molecule is CCS(=O)(=O)Nc1ccc(Nc2c(C)cccc2C)cn1. The van der Waals surface area contributed by atoms with Crippen molar-refractivity contribution in [1.82, 2.24) is 4.98 Å². The van der Waals surface area contributed by atoms with E-state index in [1.165, 1.54) is 0 Å². The first-order chi connectivity index (χ1) is 9.91. The Labute approximate surface area is 125 Å². The van der Waals surface area contributed by atoms with E-state index < -0.39 is 10.0 Å². The van der Waals surface area contributed by atoms with Crippen molar-refractivity contribution >= 4 is 27.2 Å². The van der Waals surface area contributed by atoms with Crippen molar-refractivity contribution in [3.63, 3.8) is 0 Å². The summed E-state index contributed by atoms with van der Waals surface area (Å²) in [5.74, 6) is 0.348. The summed E-state index contributed by atoms with van der Waals surface area (Å²) in [6, 6.07) is 9.52. The molecule has 0 bridgehead atoms. The topological polar surface area (TPSA) is 71.1 Å². The molecule has 0 radical (unpaired) electrons. The molecule has 0 unspecified atom stereocenters. The van der Waals surface area contributed by atoms with Gasteiger partial charge in [0.05, 0.1) is 17.6 Å². The van der Waals surface area contributed by atoms with Gasteiger partial charge in [0.2, 0.25) is 10.0 Å². The van der Waals surface area contributed by atoms with Gasteiger partial charge in [-0.2, -0.15) is 0 Å². The van der Waals surface area contributed by atoms with Gasteiger partial charge in [-0.25, -0.2) is 13.4 Å². The van der Waals surface area contributed by atoms with Crippen LogP contribution in [-0.4, -0.2) is 19.2 Å². The second kappa shape index (κ2) is 6.13. The normalized spacial score (nSPS) is 11.2. The van der Waals surface area contributed by atoms with E-state index in [1.54, 1.807) is 25.3 Å². The Balaban J connectivity index is 2.17. The van der Waals surface area contributed by atoms with Crippen LogP contribution in [0.2, 0.25) is 0 Å². The van der Waals surface area contributed by atoms with Crippen LogP contribution >= 0.6 is 0 Å². The molecule has 21 heavy (non-hydrogen) atoms. The van der Waals surface area contributed by atoms with Crippen LogP contribution in [0.3, 0.4) is 0 Å². The fraction of sp³-hybridized carbons (Fsp3) is 0.267. The van der Waals surface area contributed by atoms with Gasteiger partial charge in [-0.1, -0.05) is 18.2 Å². The van der Waals surface area contributed by atoms with E-state index in [0.29, 0.717) is 5.82 Å². The second-order valence-electron chi connectivity index (χ2n) is 4.83. The van der Waals surface area contributed by atoms with Crippen LogP contribution in [0.4, 0.5) is 17.2 Å². The number of nitrogens with one attached hydrogen (secondary N) is 2. The number of anilines is 3. The fourth-order valence-electron chi connectivity index (χ4n) is 1.92. The molecule has 0 aliphatic heterocycles. The summed E-state index contributed by atoms with van der Waals surface area (Å²) in [4.78, 5) is 4.11. The van der Waals surface area contributed by atoms with E-state index in [9.17, 15) is 8.42 Å². The van der Waals surface area contributed by atoms with E-state index in [1.807, 2.05) is 32.0 Å². The summed E-state index contributed by atoms with van der Waals surface area (Å²) in [7, 11) is -3.29. The minimum atomic E-state index is -3.29. The molecule has 0 fully saturated rings. The average Bonchev–Trinajstić information content (AvgIpc) is 2.45. The summed E-state index contributed by atoms with van der Waals surface area (Å²) in [6.07, 6.45) is 1.61. The third kappa shape index (κ3) is 3.95. The van der Waals surface area contributed by atoms with Gasteiger partial charge in [-0.15, -0.1) is 0 Å². The van der Waals surface area contributed by atoms with Crippen molar-refractivity contribution in [2.45, 2.75) is 20.8 Å². The zero-order valence-electron chi connectivity index (χ0n) is 12.3. The van der Waals surface area contributed by atoms with Crippen LogP contribution in [-0.2, 0) is 10.0 Å². The molecule has 2 rings (SSSR count). The maximum absolute atomic E-state index is 11.5. The molecule has 2 aromatic rings. The number of sulfonamides is 1. The lowest BCUT2D eigenvalue weighted by Gasteiger charge is -2.13. The number of nitrogens with zero attached hydrogens (tertiary/aromatic N) is 1. The summed E-state index contributed by atoms with van der Waals surface area (Å²) < 4.78 is 25.3. The van der Waals surface area contributed by atoms with Crippen LogP contribution < -0.4 is 10.0 Å². The predicted octanol–water partition coefficient (Wildman–Crippen LogP) is 3.20. The van der Waals surface area contributed by atoms with Crippen LogP contribution in [0.15, 0.2) is 36.5 Å². The van der Waals surface area contributed by atoms with E-state index in [2.05, 4.69) is 15.0 Å². The molecular weight excluding hydrogens is 286 g/mol. The molecule has 1 aromatic carbocycles. The van der Waals surface area contributed by atoms with Gasteiger partial charge < -0.3 is 5.32 Å². The Morgan fingerprint density at radius 2 is 1.76 bits per heavy atom. The highest BCUT2D eigenvalue weighted by Gasteiger charge is 2.08. The van der Waals surface area contributed by atoms with Crippen molar-refractivity contribution in [2.75, 3.05) is 15.8 Å². The highest BCUT2D eigenvalue weighted by molar-refractivity contribution is 7.92. The molecule has 2 N–H and O–H groups in total. The zero-order chi connectivity index (χ0) is 15.5. The lowest BCUT2D eigenvalue weighted by atomic mass is 10.1. The molecule has 1 aromatic heterocycles. The number of para-hydroxylation sites is 1. The van der Waals surface area contributed by atoms with Crippen LogP contribution in [0.1, 0.15) is 18.1 Å². The Morgan fingerprint density at radius 1 is 1.10 bits per heavy atom. The molecule has 0 saturated heterocycles. The number of hydrogen-bond donors (Lipinski definition) is 2. The van der Waals surface area contributed by atoms with E-state index in [4.69, 9.17) is 0 Å². The number of rotatable bonds is 5. The monoisotopic (exact) mass is 305 g/mol. The Kier molecular flexibility index (Phi) is 4.47. The van der Waals surface area contributed by atoms with Gasteiger partial charge in [0.1, 0.15) is 5.82 Å². The van der Waals surface area contributed by atoms with Crippen molar-refractivity contribution in [3.8, 4) is 0 Å².